The summed E-state index contributed by atoms with van der Waals surface area (Å²) in [5, 5.41) is 13.2. The highest BCUT2D eigenvalue weighted by Gasteiger charge is 2.30. The molecule has 10 nitrogen and oxygen atoms in total. The molecule has 0 spiro atoms. The van der Waals surface area contributed by atoms with Gasteiger partial charge in [-0.15, -0.1) is 11.8 Å². The van der Waals surface area contributed by atoms with E-state index < -0.39 is 6.09 Å². The summed E-state index contributed by atoms with van der Waals surface area (Å²) in [7, 11) is 0. The Morgan fingerprint density at radius 1 is 1.18 bits per heavy atom. The molecule has 4 heterocycles. The number of ether oxygens (including phenoxy) is 1. The lowest BCUT2D eigenvalue weighted by atomic mass is 9.90. The molecule has 1 atom stereocenters. The van der Waals surface area contributed by atoms with Crippen molar-refractivity contribution in [3.63, 3.8) is 0 Å². The molecule has 1 fully saturated rings. The number of thioether (sulfide) groups is 1. The van der Waals surface area contributed by atoms with E-state index in [9.17, 15) is 14.7 Å². The zero-order valence-corrected chi connectivity index (χ0v) is 27.6. The number of anilines is 1. The fraction of sp³-hybridized carbons (Fsp3) is 0.562. The molecule has 2 aliphatic rings. The van der Waals surface area contributed by atoms with Crippen molar-refractivity contribution in [1.29, 1.82) is 0 Å². The molecule has 2 amide bonds. The number of rotatable bonds is 11. The number of hydrogen-bond donors (Lipinski definition) is 2. The fourth-order valence-electron chi connectivity index (χ4n) is 5.75. The smallest absolute Gasteiger partial charge is 0.407 e. The first-order valence-corrected chi connectivity index (χ1v) is 17.2. The molecule has 44 heavy (non-hydrogen) atoms. The Labute approximate surface area is 267 Å². The van der Waals surface area contributed by atoms with Gasteiger partial charge >= 0.3 is 6.09 Å². The number of hydrogen-bond acceptors (Lipinski definition) is 9. The predicted molar refractivity (Wildman–Crippen MR) is 173 cm³/mol. The van der Waals surface area contributed by atoms with E-state index in [0.717, 1.165) is 66.6 Å². The summed E-state index contributed by atoms with van der Waals surface area (Å²) in [5.74, 6) is 3.01. The van der Waals surface area contributed by atoms with Gasteiger partial charge in [-0.3, -0.25) is 9.69 Å². The Balaban J connectivity index is 1.02. The normalized spacial score (nSPS) is 17.8. The number of fused-ring (bicyclic) bond motifs is 1. The molecule has 0 aliphatic carbocycles. The van der Waals surface area contributed by atoms with Crippen LogP contribution in [-0.4, -0.2) is 69.7 Å². The minimum Gasteiger partial charge on any atom is -0.492 e. The molecule has 0 bridgehead atoms. The van der Waals surface area contributed by atoms with Gasteiger partial charge in [-0.05, 0) is 62.0 Å². The predicted octanol–water partition coefficient (Wildman–Crippen LogP) is 6.83. The number of piperidine rings is 1. The number of nitrogens with one attached hydrogen (secondary N) is 1. The number of amides is 2. The highest BCUT2D eigenvalue weighted by atomic mass is 32.2. The highest BCUT2D eigenvalue weighted by molar-refractivity contribution is 8.00. The molecule has 2 aromatic heterocycles. The van der Waals surface area contributed by atoms with E-state index in [1.54, 1.807) is 29.1 Å². The van der Waals surface area contributed by atoms with Gasteiger partial charge in [-0.2, -0.15) is 0 Å². The van der Waals surface area contributed by atoms with Crippen molar-refractivity contribution in [3.8, 4) is 5.75 Å². The van der Waals surface area contributed by atoms with Crippen LogP contribution in [0.2, 0.25) is 0 Å². The molecule has 1 unspecified atom stereocenters. The van der Waals surface area contributed by atoms with E-state index in [2.05, 4.69) is 53.9 Å². The lowest BCUT2D eigenvalue weighted by molar-refractivity contribution is -0.121. The van der Waals surface area contributed by atoms with E-state index in [4.69, 9.17) is 9.15 Å². The van der Waals surface area contributed by atoms with Gasteiger partial charge in [0, 0.05) is 24.4 Å². The van der Waals surface area contributed by atoms with Crippen molar-refractivity contribution >= 4 is 40.2 Å². The number of carboxylic acid groups (broad SMARTS) is 1. The van der Waals surface area contributed by atoms with Gasteiger partial charge in [0.1, 0.15) is 18.1 Å². The number of carbonyl (C=O) groups excluding carboxylic acids is 1. The van der Waals surface area contributed by atoms with Gasteiger partial charge in [0.05, 0.1) is 28.4 Å². The number of oxazole rings is 1. The molecule has 0 radical (unpaired) electrons. The molecule has 2 aliphatic heterocycles. The van der Waals surface area contributed by atoms with Crippen LogP contribution in [0.1, 0.15) is 82.2 Å². The summed E-state index contributed by atoms with van der Waals surface area (Å²) in [6.45, 7) is 12.0. The van der Waals surface area contributed by atoms with Crippen LogP contribution in [0.25, 0.3) is 0 Å². The van der Waals surface area contributed by atoms with Crippen molar-refractivity contribution in [3.05, 3.63) is 53.4 Å². The molecular formula is C32H43N5O5S2. The van der Waals surface area contributed by atoms with Crippen molar-refractivity contribution in [2.24, 2.45) is 5.92 Å². The molecule has 12 heteroatoms. The van der Waals surface area contributed by atoms with Crippen LogP contribution in [-0.2, 0) is 22.4 Å². The van der Waals surface area contributed by atoms with Crippen LogP contribution in [0, 0.1) is 5.92 Å². The summed E-state index contributed by atoms with van der Waals surface area (Å²) < 4.78 is 13.0. The maximum atomic E-state index is 12.9. The number of carbonyl (C=O) groups is 2. The van der Waals surface area contributed by atoms with Gasteiger partial charge in [0.25, 0.3) is 0 Å². The summed E-state index contributed by atoms with van der Waals surface area (Å²) >= 11 is 3.08. The van der Waals surface area contributed by atoms with Crippen molar-refractivity contribution in [2.75, 3.05) is 38.1 Å². The quantitative estimate of drug-likeness (QED) is 0.217. The molecule has 2 N–H and O–H groups in total. The lowest BCUT2D eigenvalue weighted by Gasteiger charge is -2.35. The van der Waals surface area contributed by atoms with Crippen LogP contribution in [0.15, 0.2) is 39.2 Å². The van der Waals surface area contributed by atoms with E-state index in [-0.39, 0.29) is 23.3 Å². The SMILES string of the molecule is CCCC1c2ccc(OCCN3CCC(C(=O)Nc4ncc(SCc5ncc(C(C)(C)C)o5)s4)CC3)cc2CCN1C(=O)O. The zero-order chi connectivity index (χ0) is 31.3. The van der Waals surface area contributed by atoms with Crippen LogP contribution in [0.4, 0.5) is 9.93 Å². The first-order chi connectivity index (χ1) is 21.1. The summed E-state index contributed by atoms with van der Waals surface area (Å²) in [6.07, 6.45) is 6.79. The van der Waals surface area contributed by atoms with Crippen LogP contribution in [0.3, 0.4) is 0 Å². The summed E-state index contributed by atoms with van der Waals surface area (Å²) in [5.41, 5.74) is 2.21. The standard InChI is InChI=1S/C32H43N5O5S2/c1-5-6-25-24-8-7-23(17-22(24)11-14-37(25)31(39)40)41-16-15-36-12-9-21(10-13-36)29(38)35-30-34-19-28(44-30)43-20-27-33-18-26(42-27)32(2,3)4/h7-8,17-19,21,25H,5-6,9-16,20H2,1-4H3,(H,39,40)(H,34,35,38). The number of benzene rings is 1. The Morgan fingerprint density at radius 2 is 1.98 bits per heavy atom. The van der Waals surface area contributed by atoms with Crippen LogP contribution >= 0.6 is 23.1 Å². The van der Waals surface area contributed by atoms with Gasteiger partial charge in [0.2, 0.25) is 11.8 Å². The first-order valence-electron chi connectivity index (χ1n) is 15.4. The molecule has 5 rings (SSSR count). The average Bonchev–Trinajstić information content (AvgIpc) is 3.66. The molecule has 3 aromatic rings. The molecule has 1 aromatic carbocycles. The molecule has 0 saturated carbocycles. The lowest BCUT2D eigenvalue weighted by Crippen LogP contribution is -2.40. The molecular weight excluding hydrogens is 599 g/mol. The van der Waals surface area contributed by atoms with E-state index in [1.165, 1.54) is 16.9 Å². The highest BCUT2D eigenvalue weighted by Crippen LogP contribution is 2.35. The van der Waals surface area contributed by atoms with Gasteiger partial charge in [-0.1, -0.05) is 51.5 Å². The number of aromatic nitrogens is 2. The fourth-order valence-corrected chi connectivity index (χ4v) is 7.48. The topological polar surface area (TPSA) is 121 Å². The Kier molecular flexibility index (Phi) is 10.5. The van der Waals surface area contributed by atoms with Crippen LogP contribution < -0.4 is 10.1 Å². The Hall–Kier alpha value is -3.09. The second-order valence-corrected chi connectivity index (χ2v) is 14.8. The Bertz CT molecular complexity index is 1430. The second-order valence-electron chi connectivity index (χ2n) is 12.5. The maximum Gasteiger partial charge on any atom is 0.407 e. The minimum absolute atomic E-state index is 0.0302. The summed E-state index contributed by atoms with van der Waals surface area (Å²) in [6, 6.07) is 5.99. The van der Waals surface area contributed by atoms with Crippen molar-refractivity contribution in [2.45, 2.75) is 81.2 Å². The average molecular weight is 642 g/mol. The first kappa shape index (κ1) is 32.3. The number of thiazole rings is 1. The van der Waals surface area contributed by atoms with E-state index in [0.29, 0.717) is 36.3 Å². The minimum atomic E-state index is -0.850. The number of likely N-dealkylation sites (tertiary alicyclic amines) is 1. The van der Waals surface area contributed by atoms with Crippen molar-refractivity contribution < 1.29 is 23.8 Å². The van der Waals surface area contributed by atoms with E-state index in [1.807, 2.05) is 12.1 Å². The summed E-state index contributed by atoms with van der Waals surface area (Å²) in [4.78, 5) is 37.3. The molecule has 238 valence electrons. The molecule has 1 saturated heterocycles. The zero-order valence-electron chi connectivity index (χ0n) is 26.0. The number of nitrogens with zero attached hydrogens (tertiary/aromatic N) is 4. The largest absolute Gasteiger partial charge is 0.492 e. The third kappa shape index (κ3) is 8.13. The van der Waals surface area contributed by atoms with Gasteiger partial charge in [-0.25, -0.2) is 14.8 Å². The van der Waals surface area contributed by atoms with Gasteiger partial charge < -0.3 is 24.5 Å². The van der Waals surface area contributed by atoms with Crippen LogP contribution in [0.5, 0.6) is 5.75 Å². The second kappa shape index (κ2) is 14.3. The maximum absolute atomic E-state index is 12.9. The van der Waals surface area contributed by atoms with E-state index >= 15 is 0 Å². The van der Waals surface area contributed by atoms with Crippen molar-refractivity contribution in [1.82, 2.24) is 19.8 Å². The monoisotopic (exact) mass is 641 g/mol. The van der Waals surface area contributed by atoms with Gasteiger partial charge in [0.15, 0.2) is 5.13 Å². The third-order valence-electron chi connectivity index (χ3n) is 8.26. The Morgan fingerprint density at radius 3 is 2.68 bits per heavy atom. The third-order valence-corrected chi connectivity index (χ3v) is 10.4.